The molecule has 1 aromatic heterocycles. The molecule has 0 spiro atoms. The Morgan fingerprint density at radius 3 is 2.75 bits per heavy atom. The highest BCUT2D eigenvalue weighted by molar-refractivity contribution is 5.44. The molecule has 4 nitrogen and oxygen atoms in total. The Balaban J connectivity index is 2.38. The normalized spacial score (nSPS) is 19.1. The predicted octanol–water partition coefficient (Wildman–Crippen LogP) is 2.97. The van der Waals surface area contributed by atoms with Crippen LogP contribution in [0.4, 0.5) is 5.82 Å². The van der Waals surface area contributed by atoms with Gasteiger partial charge >= 0.3 is 0 Å². The lowest BCUT2D eigenvalue weighted by atomic mass is 9.86. The molecule has 0 radical (unpaired) electrons. The highest BCUT2D eigenvalue weighted by atomic mass is 16.5. The first-order valence-corrected chi connectivity index (χ1v) is 7.63. The van der Waals surface area contributed by atoms with E-state index in [1.807, 2.05) is 13.3 Å². The molecule has 112 valence electrons. The average molecular weight is 277 g/mol. The van der Waals surface area contributed by atoms with Crippen LogP contribution in [0.2, 0.25) is 0 Å². The second-order valence-corrected chi connectivity index (χ2v) is 5.85. The lowest BCUT2D eigenvalue weighted by Crippen LogP contribution is -2.44. The fourth-order valence-corrected chi connectivity index (χ4v) is 3.29. The van der Waals surface area contributed by atoms with E-state index in [4.69, 9.17) is 10.5 Å². The quantitative estimate of drug-likeness (QED) is 0.839. The summed E-state index contributed by atoms with van der Waals surface area (Å²) in [6.07, 6.45) is 7.52. The van der Waals surface area contributed by atoms with E-state index in [0.29, 0.717) is 5.82 Å². The summed E-state index contributed by atoms with van der Waals surface area (Å²) in [7, 11) is 1.82. The first-order chi connectivity index (χ1) is 9.63. The first-order valence-electron chi connectivity index (χ1n) is 7.63. The molecular formula is C16H27N3O. The average Bonchev–Trinajstić information content (AvgIpc) is 2.93. The third-order valence-electron chi connectivity index (χ3n) is 4.38. The Bertz CT molecular complexity index is 441. The van der Waals surface area contributed by atoms with E-state index in [9.17, 15) is 0 Å². The number of anilines is 1. The number of ether oxygens (including phenoxy) is 1. The van der Waals surface area contributed by atoms with E-state index in [1.54, 1.807) is 0 Å². The molecule has 0 aromatic carbocycles. The van der Waals surface area contributed by atoms with Crippen molar-refractivity contribution in [1.29, 1.82) is 0 Å². The summed E-state index contributed by atoms with van der Waals surface area (Å²) < 4.78 is 5.96. The monoisotopic (exact) mass is 277 g/mol. The number of rotatable bonds is 6. The second kappa shape index (κ2) is 6.55. The summed E-state index contributed by atoms with van der Waals surface area (Å²) in [4.78, 5) is 4.33. The fraction of sp³-hybridized carbons (Fsp3) is 0.688. The van der Waals surface area contributed by atoms with E-state index < -0.39 is 0 Å². The zero-order valence-electron chi connectivity index (χ0n) is 12.9. The minimum atomic E-state index is -0.140. The van der Waals surface area contributed by atoms with Crippen LogP contribution in [0.3, 0.4) is 0 Å². The number of nitrogen functional groups attached to an aromatic ring is 1. The van der Waals surface area contributed by atoms with Crippen LogP contribution < -0.4 is 11.1 Å². The fourth-order valence-electron chi connectivity index (χ4n) is 3.29. The Hall–Kier alpha value is -1.13. The standard InChI is InChI=1S/C16H27N3O/c1-4-9-18-14(16(20-3)7-5-6-8-16)13-10-12(2)11-19-15(13)17/h10-11,14,18H,4-9H2,1-3H3,(H2,17,19). The summed E-state index contributed by atoms with van der Waals surface area (Å²) in [5.74, 6) is 0.618. The topological polar surface area (TPSA) is 60.2 Å². The Morgan fingerprint density at radius 2 is 2.15 bits per heavy atom. The number of nitrogens with zero attached hydrogens (tertiary/aromatic N) is 1. The van der Waals surface area contributed by atoms with Crippen LogP contribution in [0.5, 0.6) is 0 Å². The number of hydrogen-bond donors (Lipinski definition) is 2. The van der Waals surface area contributed by atoms with Gasteiger partial charge in [0.2, 0.25) is 0 Å². The zero-order chi connectivity index (χ0) is 14.6. The third kappa shape index (κ3) is 2.96. The molecule has 1 unspecified atom stereocenters. The van der Waals surface area contributed by atoms with E-state index in [0.717, 1.165) is 36.9 Å². The van der Waals surface area contributed by atoms with Gasteiger partial charge in [-0.3, -0.25) is 0 Å². The molecule has 0 saturated heterocycles. The number of methoxy groups -OCH3 is 1. The zero-order valence-corrected chi connectivity index (χ0v) is 12.9. The number of aryl methyl sites for hydroxylation is 1. The molecule has 0 bridgehead atoms. The van der Waals surface area contributed by atoms with Crippen molar-refractivity contribution in [3.8, 4) is 0 Å². The predicted molar refractivity (Wildman–Crippen MR) is 82.6 cm³/mol. The van der Waals surface area contributed by atoms with Crippen molar-refractivity contribution in [3.63, 3.8) is 0 Å². The first kappa shape index (κ1) is 15.3. The number of nitrogens with two attached hydrogens (primary N) is 1. The van der Waals surface area contributed by atoms with Crippen molar-refractivity contribution in [2.45, 2.75) is 57.6 Å². The lowest BCUT2D eigenvalue weighted by molar-refractivity contribution is -0.0366. The SMILES string of the molecule is CCCNC(c1cc(C)cnc1N)C1(OC)CCCC1. The van der Waals surface area contributed by atoms with Gasteiger partial charge in [-0.25, -0.2) is 4.98 Å². The maximum atomic E-state index is 6.14. The highest BCUT2D eigenvalue weighted by Crippen LogP contribution is 2.43. The largest absolute Gasteiger partial charge is 0.383 e. The van der Waals surface area contributed by atoms with Gasteiger partial charge in [-0.15, -0.1) is 0 Å². The van der Waals surface area contributed by atoms with Gasteiger partial charge < -0.3 is 15.8 Å². The Kier molecular flexibility index (Phi) is 5.00. The Labute approximate surface area is 122 Å². The van der Waals surface area contributed by atoms with Gasteiger partial charge in [0.1, 0.15) is 5.82 Å². The van der Waals surface area contributed by atoms with Crippen molar-refractivity contribution in [3.05, 3.63) is 23.4 Å². The van der Waals surface area contributed by atoms with Crippen LogP contribution in [-0.4, -0.2) is 24.2 Å². The van der Waals surface area contributed by atoms with Crippen molar-refractivity contribution < 1.29 is 4.74 Å². The van der Waals surface area contributed by atoms with Crippen molar-refractivity contribution >= 4 is 5.82 Å². The molecule has 1 atom stereocenters. The highest BCUT2D eigenvalue weighted by Gasteiger charge is 2.43. The van der Waals surface area contributed by atoms with Crippen LogP contribution in [-0.2, 0) is 4.74 Å². The van der Waals surface area contributed by atoms with Crippen LogP contribution >= 0.6 is 0 Å². The number of aromatic nitrogens is 1. The number of pyridine rings is 1. The molecule has 20 heavy (non-hydrogen) atoms. The van der Waals surface area contributed by atoms with E-state index >= 15 is 0 Å². The molecule has 2 rings (SSSR count). The van der Waals surface area contributed by atoms with Crippen molar-refractivity contribution in [1.82, 2.24) is 10.3 Å². The van der Waals surface area contributed by atoms with Gasteiger partial charge in [0, 0.05) is 18.9 Å². The molecule has 1 aromatic rings. The maximum absolute atomic E-state index is 6.14. The van der Waals surface area contributed by atoms with Gasteiger partial charge in [0.05, 0.1) is 11.6 Å². The summed E-state index contributed by atoms with van der Waals surface area (Å²) in [5.41, 5.74) is 8.22. The van der Waals surface area contributed by atoms with Gasteiger partial charge in [-0.1, -0.05) is 19.8 Å². The van der Waals surface area contributed by atoms with Crippen LogP contribution in [0, 0.1) is 6.92 Å². The Morgan fingerprint density at radius 1 is 1.45 bits per heavy atom. The van der Waals surface area contributed by atoms with Crippen molar-refractivity contribution in [2.75, 3.05) is 19.4 Å². The second-order valence-electron chi connectivity index (χ2n) is 5.85. The summed E-state index contributed by atoms with van der Waals surface area (Å²) in [5, 5.41) is 3.64. The number of hydrogen-bond acceptors (Lipinski definition) is 4. The van der Waals surface area contributed by atoms with Crippen LogP contribution in [0.1, 0.15) is 56.2 Å². The molecule has 1 fully saturated rings. The van der Waals surface area contributed by atoms with E-state index in [-0.39, 0.29) is 11.6 Å². The van der Waals surface area contributed by atoms with Crippen LogP contribution in [0.15, 0.2) is 12.3 Å². The molecular weight excluding hydrogens is 250 g/mol. The van der Waals surface area contributed by atoms with Gasteiger partial charge in [0.15, 0.2) is 0 Å². The summed E-state index contributed by atoms with van der Waals surface area (Å²) in [6.45, 7) is 5.19. The third-order valence-corrected chi connectivity index (χ3v) is 4.38. The maximum Gasteiger partial charge on any atom is 0.128 e. The molecule has 3 N–H and O–H groups in total. The van der Waals surface area contributed by atoms with E-state index in [2.05, 4.69) is 30.2 Å². The molecule has 1 aliphatic rings. The van der Waals surface area contributed by atoms with E-state index in [1.165, 1.54) is 12.8 Å². The van der Waals surface area contributed by atoms with Crippen LogP contribution in [0.25, 0.3) is 0 Å². The minimum Gasteiger partial charge on any atom is -0.383 e. The summed E-state index contributed by atoms with van der Waals surface area (Å²) in [6, 6.07) is 2.27. The molecule has 1 heterocycles. The molecule has 0 aliphatic heterocycles. The lowest BCUT2D eigenvalue weighted by Gasteiger charge is -2.37. The molecule has 1 saturated carbocycles. The molecule has 0 amide bonds. The summed E-state index contributed by atoms with van der Waals surface area (Å²) >= 11 is 0. The number of nitrogens with one attached hydrogen (secondary N) is 1. The minimum absolute atomic E-state index is 0.127. The molecule has 4 heteroatoms. The van der Waals surface area contributed by atoms with Crippen molar-refractivity contribution in [2.24, 2.45) is 0 Å². The van der Waals surface area contributed by atoms with Gasteiger partial charge in [-0.05, 0) is 44.4 Å². The van der Waals surface area contributed by atoms with Gasteiger partial charge in [-0.2, -0.15) is 0 Å². The smallest absolute Gasteiger partial charge is 0.128 e. The van der Waals surface area contributed by atoms with Gasteiger partial charge in [0.25, 0.3) is 0 Å². The molecule has 1 aliphatic carbocycles.